The van der Waals surface area contributed by atoms with Crippen molar-refractivity contribution in [2.24, 2.45) is 5.92 Å². The molecule has 0 fully saturated rings. The van der Waals surface area contributed by atoms with Crippen LogP contribution in [-0.4, -0.2) is 23.4 Å². The molecule has 1 aromatic heterocycles. The molecule has 2 amide bonds. The van der Waals surface area contributed by atoms with E-state index >= 15 is 0 Å². The zero-order valence-corrected chi connectivity index (χ0v) is 13.1. The average molecular weight is 364 g/mol. The Morgan fingerprint density at radius 2 is 2.09 bits per heavy atom. The SMILES string of the molecule is O=C(NNC(=O)C1COc2ccccc2C1)c1cc(Br)c[nH]1. The van der Waals surface area contributed by atoms with Gasteiger partial charge in [-0.3, -0.25) is 20.4 Å². The lowest BCUT2D eigenvalue weighted by Crippen LogP contribution is -2.47. The van der Waals surface area contributed by atoms with Gasteiger partial charge < -0.3 is 9.72 Å². The van der Waals surface area contributed by atoms with E-state index in [1.807, 2.05) is 24.3 Å². The van der Waals surface area contributed by atoms with E-state index in [0.717, 1.165) is 15.8 Å². The van der Waals surface area contributed by atoms with E-state index in [1.165, 1.54) is 0 Å². The first-order valence-electron chi connectivity index (χ1n) is 6.78. The van der Waals surface area contributed by atoms with Gasteiger partial charge in [0.2, 0.25) is 5.91 Å². The van der Waals surface area contributed by atoms with Crippen molar-refractivity contribution in [2.45, 2.75) is 6.42 Å². The van der Waals surface area contributed by atoms with Gasteiger partial charge in [-0.2, -0.15) is 0 Å². The van der Waals surface area contributed by atoms with Gasteiger partial charge in [-0.05, 0) is 40.0 Å². The molecular weight excluding hydrogens is 350 g/mol. The normalized spacial score (nSPS) is 16.3. The van der Waals surface area contributed by atoms with Gasteiger partial charge in [0.1, 0.15) is 18.1 Å². The summed E-state index contributed by atoms with van der Waals surface area (Å²) in [7, 11) is 0. The van der Waals surface area contributed by atoms with E-state index in [1.54, 1.807) is 12.3 Å². The molecule has 2 aromatic rings. The summed E-state index contributed by atoms with van der Waals surface area (Å²) < 4.78 is 6.33. The number of halogens is 1. The summed E-state index contributed by atoms with van der Waals surface area (Å²) in [6.45, 7) is 0.298. The minimum Gasteiger partial charge on any atom is -0.492 e. The number of aromatic amines is 1. The summed E-state index contributed by atoms with van der Waals surface area (Å²) in [5, 5.41) is 0. The number of nitrogens with one attached hydrogen (secondary N) is 3. The van der Waals surface area contributed by atoms with E-state index in [0.29, 0.717) is 18.7 Å². The standard InChI is InChI=1S/C15H14BrN3O3/c16-11-6-12(17-7-11)15(21)19-18-14(20)10-5-9-3-1-2-4-13(9)22-8-10/h1-4,6-7,10,17H,5,8H2,(H,18,20)(H,19,21). The molecule has 0 saturated carbocycles. The summed E-state index contributed by atoms with van der Waals surface area (Å²) in [5.41, 5.74) is 6.18. The van der Waals surface area contributed by atoms with Gasteiger partial charge in [-0.15, -0.1) is 0 Å². The van der Waals surface area contributed by atoms with E-state index in [4.69, 9.17) is 4.74 Å². The topological polar surface area (TPSA) is 83.2 Å². The Labute approximate surface area is 135 Å². The lowest BCUT2D eigenvalue weighted by atomic mass is 9.96. The molecule has 0 bridgehead atoms. The molecule has 0 spiro atoms. The van der Waals surface area contributed by atoms with Crippen molar-refractivity contribution >= 4 is 27.7 Å². The number of fused-ring (bicyclic) bond motifs is 1. The van der Waals surface area contributed by atoms with Crippen LogP contribution in [0.3, 0.4) is 0 Å². The van der Waals surface area contributed by atoms with Gasteiger partial charge in [-0.1, -0.05) is 18.2 Å². The van der Waals surface area contributed by atoms with Crippen molar-refractivity contribution in [3.63, 3.8) is 0 Å². The van der Waals surface area contributed by atoms with E-state index in [-0.39, 0.29) is 11.8 Å². The Kier molecular flexibility index (Phi) is 4.15. The number of hydrazine groups is 1. The van der Waals surface area contributed by atoms with E-state index in [9.17, 15) is 9.59 Å². The molecule has 114 valence electrons. The van der Waals surface area contributed by atoms with Crippen molar-refractivity contribution in [3.8, 4) is 5.75 Å². The summed E-state index contributed by atoms with van der Waals surface area (Å²) >= 11 is 3.24. The molecule has 3 N–H and O–H groups in total. The molecule has 0 radical (unpaired) electrons. The third kappa shape index (κ3) is 3.14. The summed E-state index contributed by atoms with van der Waals surface area (Å²) in [6.07, 6.45) is 2.23. The number of H-pyrrole nitrogens is 1. The maximum Gasteiger partial charge on any atom is 0.286 e. The van der Waals surface area contributed by atoms with Crippen LogP contribution < -0.4 is 15.6 Å². The lowest BCUT2D eigenvalue weighted by molar-refractivity contribution is -0.127. The first-order valence-corrected chi connectivity index (χ1v) is 7.57. The van der Waals surface area contributed by atoms with Gasteiger partial charge in [0.05, 0.1) is 5.92 Å². The number of hydrogen-bond donors (Lipinski definition) is 3. The van der Waals surface area contributed by atoms with Crippen molar-refractivity contribution in [1.82, 2.24) is 15.8 Å². The smallest absolute Gasteiger partial charge is 0.286 e. The molecule has 7 heteroatoms. The van der Waals surface area contributed by atoms with Crippen molar-refractivity contribution in [3.05, 3.63) is 52.3 Å². The maximum absolute atomic E-state index is 12.1. The van der Waals surface area contributed by atoms with Gasteiger partial charge in [0.25, 0.3) is 5.91 Å². The van der Waals surface area contributed by atoms with Crippen LogP contribution in [0.25, 0.3) is 0 Å². The zero-order chi connectivity index (χ0) is 15.5. The number of amides is 2. The monoisotopic (exact) mass is 363 g/mol. The fraction of sp³-hybridized carbons (Fsp3) is 0.200. The van der Waals surface area contributed by atoms with Crippen LogP contribution in [0.4, 0.5) is 0 Å². The molecule has 1 atom stereocenters. The molecule has 1 aromatic carbocycles. The molecule has 1 aliphatic rings. The number of ether oxygens (including phenoxy) is 1. The second-order valence-corrected chi connectivity index (χ2v) is 5.91. The second kappa shape index (κ2) is 6.23. The Balaban J connectivity index is 1.56. The highest BCUT2D eigenvalue weighted by atomic mass is 79.9. The third-order valence-electron chi connectivity index (χ3n) is 3.44. The largest absolute Gasteiger partial charge is 0.492 e. The number of hydrogen-bond acceptors (Lipinski definition) is 3. The fourth-order valence-electron chi connectivity index (χ4n) is 2.28. The Bertz CT molecular complexity index is 714. The molecule has 0 aliphatic carbocycles. The van der Waals surface area contributed by atoms with Gasteiger partial charge in [0.15, 0.2) is 0 Å². The Morgan fingerprint density at radius 3 is 2.86 bits per heavy atom. The molecule has 1 unspecified atom stereocenters. The number of benzene rings is 1. The van der Waals surface area contributed by atoms with Gasteiger partial charge in [-0.25, -0.2) is 0 Å². The molecular formula is C15H14BrN3O3. The van der Waals surface area contributed by atoms with Crippen LogP contribution in [0, 0.1) is 5.92 Å². The molecule has 1 aliphatic heterocycles. The minimum atomic E-state index is -0.406. The zero-order valence-electron chi connectivity index (χ0n) is 11.6. The fourth-order valence-corrected chi connectivity index (χ4v) is 2.63. The Morgan fingerprint density at radius 1 is 1.27 bits per heavy atom. The number of carbonyl (C=O) groups excluding carboxylic acids is 2. The van der Waals surface area contributed by atoms with E-state index < -0.39 is 5.91 Å². The molecule has 3 rings (SSSR count). The third-order valence-corrected chi connectivity index (χ3v) is 3.90. The molecule has 6 nitrogen and oxygen atoms in total. The predicted octanol–water partition coefficient (Wildman–Crippen LogP) is 1.79. The summed E-state index contributed by atoms with van der Waals surface area (Å²) in [4.78, 5) is 26.7. The van der Waals surface area contributed by atoms with Crippen LogP contribution in [0.2, 0.25) is 0 Å². The van der Waals surface area contributed by atoms with Crippen LogP contribution in [0.15, 0.2) is 41.0 Å². The van der Waals surface area contributed by atoms with E-state index in [2.05, 4.69) is 31.8 Å². The molecule has 22 heavy (non-hydrogen) atoms. The van der Waals surface area contributed by atoms with Crippen LogP contribution in [0.5, 0.6) is 5.75 Å². The first kappa shape index (κ1) is 14.6. The number of rotatable bonds is 2. The van der Waals surface area contributed by atoms with Crippen LogP contribution in [-0.2, 0) is 11.2 Å². The minimum absolute atomic E-state index is 0.270. The van der Waals surface area contributed by atoms with Crippen molar-refractivity contribution in [1.29, 1.82) is 0 Å². The quantitative estimate of drug-likeness (QED) is 0.711. The summed E-state index contributed by atoms with van der Waals surface area (Å²) in [5.74, 6) is -0.193. The highest BCUT2D eigenvalue weighted by Crippen LogP contribution is 2.26. The van der Waals surface area contributed by atoms with Crippen molar-refractivity contribution < 1.29 is 14.3 Å². The number of carbonyl (C=O) groups is 2. The number of aromatic nitrogens is 1. The maximum atomic E-state index is 12.1. The summed E-state index contributed by atoms with van der Waals surface area (Å²) in [6, 6.07) is 9.25. The highest BCUT2D eigenvalue weighted by molar-refractivity contribution is 9.10. The first-order chi connectivity index (χ1) is 10.6. The molecule has 0 saturated heterocycles. The lowest BCUT2D eigenvalue weighted by Gasteiger charge is -2.24. The second-order valence-electron chi connectivity index (χ2n) is 4.99. The van der Waals surface area contributed by atoms with Crippen LogP contribution in [0.1, 0.15) is 16.1 Å². The Hall–Kier alpha value is -2.28. The molecule has 2 heterocycles. The average Bonchev–Trinajstić information content (AvgIpc) is 2.98. The van der Waals surface area contributed by atoms with Gasteiger partial charge in [0, 0.05) is 10.7 Å². The number of para-hydroxylation sites is 1. The highest BCUT2D eigenvalue weighted by Gasteiger charge is 2.26. The van der Waals surface area contributed by atoms with Gasteiger partial charge >= 0.3 is 0 Å². The van der Waals surface area contributed by atoms with Crippen molar-refractivity contribution in [2.75, 3.05) is 6.61 Å². The predicted molar refractivity (Wildman–Crippen MR) is 83.2 cm³/mol. The van der Waals surface area contributed by atoms with Crippen LogP contribution >= 0.6 is 15.9 Å².